The largest absolute Gasteiger partial charge is 0.465 e. The molecule has 30 heavy (non-hydrogen) atoms. The molecule has 3 atom stereocenters. The molecule has 0 spiro atoms. The van der Waals surface area contributed by atoms with Crippen LogP contribution in [-0.4, -0.2) is 43.4 Å². The van der Waals surface area contributed by atoms with Crippen LogP contribution < -0.4 is 0 Å². The molecule has 0 heterocycles. The molecule has 0 saturated heterocycles. The Kier molecular flexibility index (Phi) is 14.1. The Labute approximate surface area is 189 Å². The zero-order valence-corrected chi connectivity index (χ0v) is 20.0. The fourth-order valence-electron chi connectivity index (χ4n) is 4.67. The van der Waals surface area contributed by atoms with Gasteiger partial charge in [0.1, 0.15) is 0 Å². The van der Waals surface area contributed by atoms with E-state index in [1.807, 2.05) is 0 Å². The molecule has 3 unspecified atom stereocenters. The molecule has 2 aliphatic rings. The van der Waals surface area contributed by atoms with Crippen LogP contribution in [0.5, 0.6) is 0 Å². The van der Waals surface area contributed by atoms with Crippen molar-refractivity contribution in [3.8, 4) is 0 Å². The summed E-state index contributed by atoms with van der Waals surface area (Å²) in [5.74, 6) is -0.295. The van der Waals surface area contributed by atoms with Crippen LogP contribution in [0.3, 0.4) is 0 Å². The number of halogens is 1. The Balaban J connectivity index is 1.47. The summed E-state index contributed by atoms with van der Waals surface area (Å²) in [6.07, 6.45) is 19.2. The first-order valence-corrected chi connectivity index (χ1v) is 13.2. The fourth-order valence-corrected chi connectivity index (χ4v) is 5.10. The maximum Gasteiger partial charge on any atom is 0.310 e. The van der Waals surface area contributed by atoms with Gasteiger partial charge in [-0.15, -0.1) is 11.6 Å². The maximum atomic E-state index is 12.4. The first kappa shape index (κ1) is 25.9. The lowest BCUT2D eigenvalue weighted by molar-refractivity contribution is -0.150. The van der Waals surface area contributed by atoms with Crippen LogP contribution >= 0.6 is 11.6 Å². The molecular weight excluding hydrogens is 400 g/mol. The molecule has 2 saturated carbocycles. The minimum Gasteiger partial charge on any atom is -0.465 e. The SMILES string of the molecule is CCCCCCCCCCOC(=O)C1CCC(OCCOC2CCCCC2)CC1Cl. The van der Waals surface area contributed by atoms with Crippen LogP contribution in [0.4, 0.5) is 0 Å². The van der Waals surface area contributed by atoms with E-state index < -0.39 is 0 Å². The van der Waals surface area contributed by atoms with E-state index in [1.165, 1.54) is 70.6 Å². The number of rotatable bonds is 15. The van der Waals surface area contributed by atoms with Crippen molar-refractivity contribution < 1.29 is 19.0 Å². The van der Waals surface area contributed by atoms with Crippen molar-refractivity contribution in [3.05, 3.63) is 0 Å². The van der Waals surface area contributed by atoms with Gasteiger partial charge in [-0.25, -0.2) is 0 Å². The Morgan fingerprint density at radius 1 is 0.767 bits per heavy atom. The van der Waals surface area contributed by atoms with Crippen molar-refractivity contribution in [1.29, 1.82) is 0 Å². The molecule has 2 fully saturated rings. The molecule has 0 bridgehead atoms. The lowest BCUT2D eigenvalue weighted by Gasteiger charge is -2.31. The first-order chi connectivity index (χ1) is 14.7. The summed E-state index contributed by atoms with van der Waals surface area (Å²) in [7, 11) is 0. The van der Waals surface area contributed by atoms with E-state index >= 15 is 0 Å². The van der Waals surface area contributed by atoms with Gasteiger partial charge in [0.15, 0.2) is 0 Å². The zero-order valence-electron chi connectivity index (χ0n) is 19.3. The van der Waals surface area contributed by atoms with E-state index in [-0.39, 0.29) is 23.4 Å². The van der Waals surface area contributed by atoms with Gasteiger partial charge in [0.05, 0.1) is 37.9 Å². The predicted molar refractivity (Wildman–Crippen MR) is 123 cm³/mol. The summed E-state index contributed by atoms with van der Waals surface area (Å²) in [5.41, 5.74) is 0. The average Bonchev–Trinajstić information content (AvgIpc) is 2.76. The van der Waals surface area contributed by atoms with Gasteiger partial charge in [-0.3, -0.25) is 4.79 Å². The first-order valence-electron chi connectivity index (χ1n) is 12.7. The van der Waals surface area contributed by atoms with Crippen LogP contribution in [0.25, 0.3) is 0 Å². The molecule has 0 aromatic heterocycles. The van der Waals surface area contributed by atoms with Crippen LogP contribution in [0.1, 0.15) is 110 Å². The van der Waals surface area contributed by atoms with Gasteiger partial charge in [-0.05, 0) is 38.5 Å². The smallest absolute Gasteiger partial charge is 0.310 e. The number of esters is 1. The topological polar surface area (TPSA) is 44.8 Å². The normalized spacial score (nSPS) is 25.3. The van der Waals surface area contributed by atoms with Crippen LogP contribution in [-0.2, 0) is 19.0 Å². The molecule has 0 aliphatic heterocycles. The second-order valence-corrected chi connectivity index (χ2v) is 9.76. The van der Waals surface area contributed by atoms with Gasteiger partial charge in [-0.1, -0.05) is 71.1 Å². The molecule has 0 radical (unpaired) electrons. The standard InChI is InChI=1S/C25H45ClO4/c1-2-3-4-5-6-7-8-12-17-30-25(27)23-16-15-22(20-24(23)26)29-19-18-28-21-13-10-9-11-14-21/h21-24H,2-20H2,1H3. The summed E-state index contributed by atoms with van der Waals surface area (Å²) < 4.78 is 17.4. The van der Waals surface area contributed by atoms with Gasteiger partial charge in [0, 0.05) is 5.38 Å². The molecule has 0 N–H and O–H groups in total. The molecule has 0 aromatic rings. The van der Waals surface area contributed by atoms with E-state index in [9.17, 15) is 4.79 Å². The molecule has 0 amide bonds. The quantitative estimate of drug-likeness (QED) is 0.158. The van der Waals surface area contributed by atoms with Gasteiger partial charge in [0.25, 0.3) is 0 Å². The molecule has 0 aromatic carbocycles. The summed E-state index contributed by atoms with van der Waals surface area (Å²) in [6, 6.07) is 0. The van der Waals surface area contributed by atoms with E-state index in [0.717, 1.165) is 32.1 Å². The van der Waals surface area contributed by atoms with Crippen molar-refractivity contribution in [2.24, 2.45) is 5.92 Å². The third-order valence-electron chi connectivity index (χ3n) is 6.61. The summed E-state index contributed by atoms with van der Waals surface area (Å²) in [5, 5.41) is -0.186. The van der Waals surface area contributed by atoms with Gasteiger partial charge >= 0.3 is 5.97 Å². The number of hydrogen-bond acceptors (Lipinski definition) is 4. The van der Waals surface area contributed by atoms with Crippen LogP contribution in [0.15, 0.2) is 0 Å². The van der Waals surface area contributed by atoms with Crippen LogP contribution in [0.2, 0.25) is 0 Å². The minimum absolute atomic E-state index is 0.114. The monoisotopic (exact) mass is 444 g/mol. The lowest BCUT2D eigenvalue weighted by atomic mass is 9.87. The Morgan fingerprint density at radius 3 is 2.07 bits per heavy atom. The van der Waals surface area contributed by atoms with E-state index in [4.69, 9.17) is 25.8 Å². The Bertz CT molecular complexity index is 439. The van der Waals surface area contributed by atoms with E-state index in [1.54, 1.807) is 0 Å². The maximum absolute atomic E-state index is 12.4. The van der Waals surface area contributed by atoms with Crippen molar-refractivity contribution in [1.82, 2.24) is 0 Å². The zero-order chi connectivity index (χ0) is 21.4. The lowest BCUT2D eigenvalue weighted by Crippen LogP contribution is -2.36. The van der Waals surface area contributed by atoms with Gasteiger partial charge < -0.3 is 14.2 Å². The van der Waals surface area contributed by atoms with Crippen molar-refractivity contribution in [3.63, 3.8) is 0 Å². The third-order valence-corrected chi connectivity index (χ3v) is 7.09. The Morgan fingerprint density at radius 2 is 1.40 bits per heavy atom. The average molecular weight is 445 g/mol. The minimum atomic E-state index is -0.186. The second-order valence-electron chi connectivity index (χ2n) is 9.20. The fraction of sp³-hybridized carbons (Fsp3) is 0.960. The van der Waals surface area contributed by atoms with Gasteiger partial charge in [-0.2, -0.15) is 0 Å². The van der Waals surface area contributed by atoms with E-state index in [0.29, 0.717) is 25.9 Å². The number of carbonyl (C=O) groups excluding carboxylic acids is 1. The number of ether oxygens (including phenoxy) is 3. The van der Waals surface area contributed by atoms with Gasteiger partial charge in [0.2, 0.25) is 0 Å². The highest BCUT2D eigenvalue weighted by Gasteiger charge is 2.35. The highest BCUT2D eigenvalue weighted by Crippen LogP contribution is 2.31. The number of hydrogen-bond donors (Lipinski definition) is 0. The summed E-state index contributed by atoms with van der Waals surface area (Å²) in [6.45, 7) is 4.07. The molecular formula is C25H45ClO4. The van der Waals surface area contributed by atoms with Crippen molar-refractivity contribution >= 4 is 17.6 Å². The van der Waals surface area contributed by atoms with Crippen molar-refractivity contribution in [2.45, 2.75) is 127 Å². The highest BCUT2D eigenvalue weighted by atomic mass is 35.5. The third kappa shape index (κ3) is 10.8. The van der Waals surface area contributed by atoms with Crippen molar-refractivity contribution in [2.75, 3.05) is 19.8 Å². The highest BCUT2D eigenvalue weighted by molar-refractivity contribution is 6.22. The Hall–Kier alpha value is -0.320. The summed E-state index contributed by atoms with van der Waals surface area (Å²) in [4.78, 5) is 12.4. The molecule has 2 aliphatic carbocycles. The molecule has 5 heteroatoms. The molecule has 176 valence electrons. The van der Waals surface area contributed by atoms with Crippen LogP contribution in [0, 0.1) is 5.92 Å². The summed E-state index contributed by atoms with van der Waals surface area (Å²) >= 11 is 6.52. The molecule has 2 rings (SSSR count). The molecule has 4 nitrogen and oxygen atoms in total. The number of alkyl halides is 1. The number of carbonyl (C=O) groups is 1. The number of unbranched alkanes of at least 4 members (excludes halogenated alkanes) is 7. The van der Waals surface area contributed by atoms with E-state index in [2.05, 4.69) is 6.92 Å². The second kappa shape index (κ2) is 16.3. The predicted octanol–water partition coefficient (Wildman–Crippen LogP) is 6.81.